The molecule has 0 saturated heterocycles. The molecule has 1 unspecified atom stereocenters. The van der Waals surface area contributed by atoms with Gasteiger partial charge in [0.25, 0.3) is 0 Å². The molecule has 0 saturated carbocycles. The van der Waals surface area contributed by atoms with Gasteiger partial charge >= 0.3 is 5.97 Å². The molecule has 0 spiro atoms. The van der Waals surface area contributed by atoms with Crippen LogP contribution in [0.2, 0.25) is 5.15 Å². The number of carbonyl (C=O) groups is 1. The molecular weight excluding hydrogens is 392 g/mol. The zero-order valence-electron chi connectivity index (χ0n) is 11.6. The summed E-state index contributed by atoms with van der Waals surface area (Å²) in [5.41, 5.74) is 1.30. The third-order valence-corrected chi connectivity index (χ3v) is 4.83. The Kier molecular flexibility index (Phi) is 5.45. The van der Waals surface area contributed by atoms with E-state index in [1.807, 2.05) is 0 Å². The summed E-state index contributed by atoms with van der Waals surface area (Å²) in [7, 11) is 0. The number of nitrogens with zero attached hydrogens (tertiary/aromatic N) is 4. The SMILES string of the molecule is CCOC(=O)c1nc(C(C#N)c2cc(C)c(Cl)nn2)sc1Br. The quantitative estimate of drug-likeness (QED) is 0.729. The molecule has 0 N–H and O–H groups in total. The van der Waals surface area contributed by atoms with E-state index in [2.05, 4.69) is 37.2 Å². The number of halogens is 2. The van der Waals surface area contributed by atoms with Gasteiger partial charge in [0.15, 0.2) is 10.8 Å². The van der Waals surface area contributed by atoms with Crippen molar-refractivity contribution in [2.45, 2.75) is 19.8 Å². The molecule has 9 heteroatoms. The zero-order valence-corrected chi connectivity index (χ0v) is 14.8. The highest BCUT2D eigenvalue weighted by Crippen LogP contribution is 2.33. The molecule has 6 nitrogen and oxygen atoms in total. The van der Waals surface area contributed by atoms with Gasteiger partial charge in [-0.15, -0.1) is 16.4 Å². The van der Waals surface area contributed by atoms with Gasteiger partial charge < -0.3 is 4.74 Å². The first-order chi connectivity index (χ1) is 10.5. The Morgan fingerprint density at radius 1 is 1.59 bits per heavy atom. The van der Waals surface area contributed by atoms with E-state index < -0.39 is 11.9 Å². The number of aryl methyl sites for hydroxylation is 1. The van der Waals surface area contributed by atoms with E-state index >= 15 is 0 Å². The maximum Gasteiger partial charge on any atom is 0.359 e. The molecule has 0 aromatic carbocycles. The van der Waals surface area contributed by atoms with Crippen LogP contribution in [0.25, 0.3) is 0 Å². The van der Waals surface area contributed by atoms with Crippen LogP contribution in [0.15, 0.2) is 9.85 Å². The Bertz CT molecular complexity index is 759. The summed E-state index contributed by atoms with van der Waals surface area (Å²) in [6.07, 6.45) is 0. The predicted octanol–water partition coefficient (Wildman–Crippen LogP) is 3.49. The second-order valence-electron chi connectivity index (χ2n) is 4.20. The van der Waals surface area contributed by atoms with Crippen LogP contribution in [0.5, 0.6) is 0 Å². The van der Waals surface area contributed by atoms with Crippen LogP contribution in [0.4, 0.5) is 0 Å². The highest BCUT2D eigenvalue weighted by molar-refractivity contribution is 9.11. The first-order valence-corrected chi connectivity index (χ1v) is 8.19. The molecule has 114 valence electrons. The molecule has 0 amide bonds. The van der Waals surface area contributed by atoms with Gasteiger partial charge in [-0.1, -0.05) is 11.6 Å². The van der Waals surface area contributed by atoms with Crippen LogP contribution in [0.1, 0.15) is 39.6 Å². The number of hydrogen-bond acceptors (Lipinski definition) is 7. The van der Waals surface area contributed by atoms with Gasteiger partial charge in [0.05, 0.1) is 18.4 Å². The van der Waals surface area contributed by atoms with E-state index in [0.717, 1.165) is 0 Å². The van der Waals surface area contributed by atoms with Crippen molar-refractivity contribution in [1.82, 2.24) is 15.2 Å². The van der Waals surface area contributed by atoms with E-state index in [1.54, 1.807) is 19.9 Å². The Morgan fingerprint density at radius 3 is 2.91 bits per heavy atom. The number of hydrogen-bond donors (Lipinski definition) is 0. The van der Waals surface area contributed by atoms with Gasteiger partial charge in [-0.05, 0) is 41.4 Å². The first-order valence-electron chi connectivity index (χ1n) is 6.20. The molecule has 2 rings (SSSR count). The second-order valence-corrected chi connectivity index (χ2v) is 6.91. The van der Waals surface area contributed by atoms with Crippen LogP contribution in [0.3, 0.4) is 0 Å². The molecular formula is C13H10BrClN4O2S. The molecule has 2 aromatic rings. The third-order valence-electron chi connectivity index (χ3n) is 2.69. The van der Waals surface area contributed by atoms with E-state index in [0.29, 0.717) is 20.1 Å². The van der Waals surface area contributed by atoms with Crippen molar-refractivity contribution in [2.75, 3.05) is 6.61 Å². The van der Waals surface area contributed by atoms with Gasteiger partial charge in [0.2, 0.25) is 0 Å². The lowest BCUT2D eigenvalue weighted by Crippen LogP contribution is -2.07. The smallest absolute Gasteiger partial charge is 0.359 e. The number of nitriles is 1. The molecule has 1 atom stereocenters. The molecule has 0 aliphatic carbocycles. The number of aromatic nitrogens is 3. The van der Waals surface area contributed by atoms with Crippen LogP contribution < -0.4 is 0 Å². The number of thiazole rings is 1. The molecule has 2 heterocycles. The maximum absolute atomic E-state index is 11.8. The molecule has 22 heavy (non-hydrogen) atoms. The lowest BCUT2D eigenvalue weighted by atomic mass is 10.1. The minimum atomic E-state index is -0.729. The fourth-order valence-corrected chi connectivity index (χ4v) is 3.32. The van der Waals surface area contributed by atoms with Crippen LogP contribution >= 0.6 is 38.9 Å². The average molecular weight is 402 g/mol. The zero-order chi connectivity index (χ0) is 16.3. The van der Waals surface area contributed by atoms with Crippen molar-refractivity contribution in [3.05, 3.63) is 37.0 Å². The van der Waals surface area contributed by atoms with Crippen molar-refractivity contribution in [3.63, 3.8) is 0 Å². The van der Waals surface area contributed by atoms with Gasteiger partial charge in [0, 0.05) is 0 Å². The number of carbonyl (C=O) groups excluding carboxylic acids is 1. The van der Waals surface area contributed by atoms with Gasteiger partial charge in [-0.2, -0.15) is 10.4 Å². The van der Waals surface area contributed by atoms with Gasteiger partial charge in [0.1, 0.15) is 14.7 Å². The molecule has 2 aromatic heterocycles. The highest BCUT2D eigenvalue weighted by atomic mass is 79.9. The third kappa shape index (κ3) is 3.43. The van der Waals surface area contributed by atoms with Gasteiger partial charge in [-0.25, -0.2) is 9.78 Å². The molecule has 0 aliphatic rings. The summed E-state index contributed by atoms with van der Waals surface area (Å²) in [5, 5.41) is 17.9. The Balaban J connectivity index is 2.40. The van der Waals surface area contributed by atoms with E-state index in [1.165, 1.54) is 11.3 Å². The summed E-state index contributed by atoms with van der Waals surface area (Å²) >= 11 is 10.3. The van der Waals surface area contributed by atoms with Crippen molar-refractivity contribution in [1.29, 1.82) is 5.26 Å². The number of rotatable bonds is 4. The summed E-state index contributed by atoms with van der Waals surface area (Å²) < 4.78 is 5.44. The van der Waals surface area contributed by atoms with Crippen LogP contribution in [-0.2, 0) is 4.74 Å². The molecule has 0 fully saturated rings. The number of esters is 1. The normalized spacial score (nSPS) is 11.8. The Hall–Kier alpha value is -1.56. The van der Waals surface area contributed by atoms with Crippen molar-refractivity contribution < 1.29 is 9.53 Å². The molecule has 0 radical (unpaired) electrons. The lowest BCUT2D eigenvalue weighted by Gasteiger charge is -2.05. The van der Waals surface area contributed by atoms with E-state index in [4.69, 9.17) is 16.3 Å². The largest absolute Gasteiger partial charge is 0.461 e. The maximum atomic E-state index is 11.8. The minimum absolute atomic E-state index is 0.153. The van der Waals surface area contributed by atoms with E-state index in [9.17, 15) is 10.1 Å². The van der Waals surface area contributed by atoms with E-state index in [-0.39, 0.29) is 17.5 Å². The topological polar surface area (TPSA) is 88.8 Å². The Labute approximate surface area is 144 Å². The predicted molar refractivity (Wildman–Crippen MR) is 85.0 cm³/mol. The molecule has 0 bridgehead atoms. The van der Waals surface area contributed by atoms with Crippen molar-refractivity contribution in [3.8, 4) is 6.07 Å². The van der Waals surface area contributed by atoms with Crippen molar-refractivity contribution >= 4 is 44.8 Å². The Morgan fingerprint density at radius 2 is 2.32 bits per heavy atom. The summed E-state index contributed by atoms with van der Waals surface area (Å²) in [5.74, 6) is -1.26. The fourth-order valence-electron chi connectivity index (χ4n) is 1.65. The van der Waals surface area contributed by atoms with Gasteiger partial charge in [-0.3, -0.25) is 0 Å². The average Bonchev–Trinajstić information content (AvgIpc) is 2.85. The monoisotopic (exact) mass is 400 g/mol. The summed E-state index contributed by atoms with van der Waals surface area (Å²) in [6, 6.07) is 3.81. The highest BCUT2D eigenvalue weighted by Gasteiger charge is 2.25. The first kappa shape index (κ1) is 16.8. The minimum Gasteiger partial charge on any atom is -0.461 e. The van der Waals surface area contributed by atoms with Crippen LogP contribution in [0, 0.1) is 18.3 Å². The lowest BCUT2D eigenvalue weighted by molar-refractivity contribution is 0.0519. The summed E-state index contributed by atoms with van der Waals surface area (Å²) in [4.78, 5) is 16.0. The standard InChI is InChI=1S/C13H10BrClN4O2S/c1-3-21-13(20)9-10(14)22-12(17-9)7(5-16)8-4-6(2)11(15)19-18-8/h4,7H,3H2,1-2H3. The van der Waals surface area contributed by atoms with Crippen LogP contribution in [-0.4, -0.2) is 27.8 Å². The second kappa shape index (κ2) is 7.13. The summed E-state index contributed by atoms with van der Waals surface area (Å²) in [6.45, 7) is 3.74. The molecule has 0 aliphatic heterocycles. The van der Waals surface area contributed by atoms with Crippen molar-refractivity contribution in [2.24, 2.45) is 0 Å². The number of ether oxygens (including phenoxy) is 1. The fraction of sp³-hybridized carbons (Fsp3) is 0.308.